The lowest BCUT2D eigenvalue weighted by atomic mass is 9.99. The summed E-state index contributed by atoms with van der Waals surface area (Å²) in [5.74, 6) is 0. The van der Waals surface area contributed by atoms with Crippen molar-refractivity contribution in [1.82, 2.24) is 0 Å². The Morgan fingerprint density at radius 1 is 0.500 bits per heavy atom. The van der Waals surface area contributed by atoms with E-state index in [-0.39, 0.29) is 0 Å². The molecule has 1 heteroatoms. The normalized spacial score (nSPS) is 11.0. The third-order valence-corrected chi connectivity index (χ3v) is 4.75. The number of rotatable bonds is 1. The first kappa shape index (κ1) is 11.6. The highest BCUT2D eigenvalue weighted by Crippen LogP contribution is 2.38. The highest BCUT2D eigenvalue weighted by molar-refractivity contribution is 7.24. The van der Waals surface area contributed by atoms with Crippen molar-refractivity contribution in [2.75, 3.05) is 0 Å². The van der Waals surface area contributed by atoms with Crippen molar-refractivity contribution < 1.29 is 0 Å². The summed E-state index contributed by atoms with van der Waals surface area (Å²) >= 11 is 1.86. The standard InChI is InChI=1S/C19H13S/c1-2-8-14(9-3-1)19-15-10-4-6-12-17(15)20-18-13-7-5-11-16(18)19/h1-13H/q+1. The zero-order valence-electron chi connectivity index (χ0n) is 10.9. The molecule has 0 amide bonds. The van der Waals surface area contributed by atoms with E-state index in [1.807, 2.05) is 11.3 Å². The Morgan fingerprint density at radius 2 is 1.00 bits per heavy atom. The average molecular weight is 273 g/mol. The zero-order chi connectivity index (χ0) is 13.4. The van der Waals surface area contributed by atoms with Gasteiger partial charge in [0.1, 0.15) is 0 Å². The lowest BCUT2D eigenvalue weighted by Gasteiger charge is -2.05. The van der Waals surface area contributed by atoms with Crippen LogP contribution in [0.4, 0.5) is 0 Å². The maximum Gasteiger partial charge on any atom is 0.239 e. The SMILES string of the molecule is c1ccc(-c2c3ccccc3[s+]c3ccccc23)cc1. The molecule has 0 nitrogen and oxygen atoms in total. The first-order chi connectivity index (χ1) is 9.93. The molecule has 94 valence electrons. The summed E-state index contributed by atoms with van der Waals surface area (Å²) in [6.07, 6.45) is 0. The Morgan fingerprint density at radius 3 is 1.60 bits per heavy atom. The van der Waals surface area contributed by atoms with Crippen LogP contribution in [0.15, 0.2) is 78.9 Å². The van der Waals surface area contributed by atoms with Crippen molar-refractivity contribution in [3.8, 4) is 11.1 Å². The van der Waals surface area contributed by atoms with Crippen LogP contribution in [0.5, 0.6) is 0 Å². The van der Waals surface area contributed by atoms with Gasteiger partial charge in [-0.2, -0.15) is 0 Å². The maximum absolute atomic E-state index is 2.22. The lowest BCUT2D eigenvalue weighted by molar-refractivity contribution is 1.68. The first-order valence-electron chi connectivity index (χ1n) is 6.72. The predicted octanol–water partition coefficient (Wildman–Crippen LogP) is 6.00. The molecule has 4 aromatic rings. The third-order valence-electron chi connectivity index (χ3n) is 3.60. The van der Waals surface area contributed by atoms with Crippen molar-refractivity contribution in [2.24, 2.45) is 0 Å². The molecule has 0 N–H and O–H groups in total. The second-order valence-corrected chi connectivity index (χ2v) is 5.92. The van der Waals surface area contributed by atoms with Crippen LogP contribution in [-0.4, -0.2) is 0 Å². The minimum atomic E-state index is 1.28. The van der Waals surface area contributed by atoms with Crippen molar-refractivity contribution in [3.63, 3.8) is 0 Å². The predicted molar refractivity (Wildman–Crippen MR) is 89.2 cm³/mol. The zero-order valence-corrected chi connectivity index (χ0v) is 11.7. The van der Waals surface area contributed by atoms with E-state index in [1.54, 1.807) is 0 Å². The fourth-order valence-corrected chi connectivity index (χ4v) is 3.79. The van der Waals surface area contributed by atoms with E-state index < -0.39 is 0 Å². The summed E-state index contributed by atoms with van der Waals surface area (Å²) in [5, 5.41) is 2.67. The molecular weight excluding hydrogens is 260 g/mol. The molecular formula is C19H13S+. The van der Waals surface area contributed by atoms with Gasteiger partial charge in [0.15, 0.2) is 0 Å². The summed E-state index contributed by atoms with van der Waals surface area (Å²) in [7, 11) is 0. The Hall–Kier alpha value is -2.25. The molecule has 0 aliphatic rings. The molecule has 4 rings (SSSR count). The minimum Gasteiger partial charge on any atom is -0.0622 e. The molecule has 0 atom stereocenters. The van der Waals surface area contributed by atoms with Gasteiger partial charge in [0.2, 0.25) is 20.7 Å². The van der Waals surface area contributed by atoms with Gasteiger partial charge in [-0.1, -0.05) is 54.6 Å². The van der Waals surface area contributed by atoms with Crippen molar-refractivity contribution in [2.45, 2.75) is 0 Å². The van der Waals surface area contributed by atoms with E-state index in [0.29, 0.717) is 0 Å². The van der Waals surface area contributed by atoms with Gasteiger partial charge in [-0.3, -0.25) is 0 Å². The summed E-state index contributed by atoms with van der Waals surface area (Å²) in [4.78, 5) is 0. The van der Waals surface area contributed by atoms with E-state index in [4.69, 9.17) is 0 Å². The molecule has 0 aliphatic carbocycles. The Labute approximate surface area is 122 Å². The van der Waals surface area contributed by atoms with Gasteiger partial charge in [-0.15, -0.1) is 0 Å². The molecule has 1 heterocycles. The molecule has 0 saturated carbocycles. The molecule has 0 spiro atoms. The fraction of sp³-hybridized carbons (Fsp3) is 0. The second kappa shape index (κ2) is 4.69. The van der Waals surface area contributed by atoms with E-state index in [2.05, 4.69) is 78.9 Å². The van der Waals surface area contributed by atoms with Crippen LogP contribution in [0.1, 0.15) is 0 Å². The summed E-state index contributed by atoms with van der Waals surface area (Å²) < 4.78 is 2.68. The quantitative estimate of drug-likeness (QED) is 0.294. The highest BCUT2D eigenvalue weighted by Gasteiger charge is 2.17. The van der Waals surface area contributed by atoms with E-state index in [9.17, 15) is 0 Å². The molecule has 0 unspecified atom stereocenters. The van der Waals surface area contributed by atoms with Gasteiger partial charge in [0.05, 0.1) is 0 Å². The summed E-state index contributed by atoms with van der Waals surface area (Å²) in [6, 6.07) is 28.0. The van der Waals surface area contributed by atoms with Gasteiger partial charge in [0.25, 0.3) is 0 Å². The molecule has 0 radical (unpaired) electrons. The molecule has 3 aromatic carbocycles. The second-order valence-electron chi connectivity index (χ2n) is 4.84. The summed E-state index contributed by atoms with van der Waals surface area (Å²) in [6.45, 7) is 0. The molecule has 0 saturated heterocycles. The van der Waals surface area contributed by atoms with Crippen LogP contribution >= 0.6 is 11.3 Å². The van der Waals surface area contributed by atoms with Crippen LogP contribution in [0.3, 0.4) is 0 Å². The van der Waals surface area contributed by atoms with Gasteiger partial charge in [-0.05, 0) is 17.7 Å². The maximum atomic E-state index is 2.22. The van der Waals surface area contributed by atoms with Crippen molar-refractivity contribution >= 4 is 31.5 Å². The van der Waals surface area contributed by atoms with E-state index in [1.165, 1.54) is 31.3 Å². The molecule has 0 fully saturated rings. The van der Waals surface area contributed by atoms with Crippen LogP contribution in [0.25, 0.3) is 31.3 Å². The van der Waals surface area contributed by atoms with E-state index in [0.717, 1.165) is 0 Å². The number of hydrogen-bond acceptors (Lipinski definition) is 0. The molecule has 20 heavy (non-hydrogen) atoms. The van der Waals surface area contributed by atoms with Gasteiger partial charge >= 0.3 is 0 Å². The van der Waals surface area contributed by atoms with Crippen molar-refractivity contribution in [3.05, 3.63) is 78.9 Å². The Balaban J connectivity index is 2.24. The van der Waals surface area contributed by atoms with Crippen LogP contribution in [0.2, 0.25) is 0 Å². The average Bonchev–Trinajstić information content (AvgIpc) is 2.53. The Kier molecular flexibility index (Phi) is 2.71. The molecule has 0 bridgehead atoms. The molecule has 1 aromatic heterocycles. The number of hydrogen-bond donors (Lipinski definition) is 0. The first-order valence-corrected chi connectivity index (χ1v) is 7.54. The molecule has 0 aliphatic heterocycles. The van der Waals surface area contributed by atoms with Gasteiger partial charge in [-0.25, -0.2) is 0 Å². The number of benzene rings is 3. The number of fused-ring (bicyclic) bond motifs is 2. The van der Waals surface area contributed by atoms with Gasteiger partial charge < -0.3 is 0 Å². The van der Waals surface area contributed by atoms with Crippen molar-refractivity contribution in [1.29, 1.82) is 0 Å². The topological polar surface area (TPSA) is 0 Å². The van der Waals surface area contributed by atoms with Crippen LogP contribution < -0.4 is 0 Å². The smallest absolute Gasteiger partial charge is 0.0622 e. The van der Waals surface area contributed by atoms with Gasteiger partial charge in [0, 0.05) is 28.5 Å². The van der Waals surface area contributed by atoms with E-state index >= 15 is 0 Å². The highest BCUT2D eigenvalue weighted by atomic mass is 32.1. The summed E-state index contributed by atoms with van der Waals surface area (Å²) in [5.41, 5.74) is 2.63. The van der Waals surface area contributed by atoms with Crippen LogP contribution in [0, 0.1) is 0 Å². The minimum absolute atomic E-state index is 1.28. The fourth-order valence-electron chi connectivity index (χ4n) is 2.70. The van der Waals surface area contributed by atoms with Crippen LogP contribution in [-0.2, 0) is 0 Å². The third kappa shape index (κ3) is 1.79. The Bertz CT molecular complexity index is 841. The lowest BCUT2D eigenvalue weighted by Crippen LogP contribution is -1.83. The largest absolute Gasteiger partial charge is 0.239 e. The monoisotopic (exact) mass is 273 g/mol.